The summed E-state index contributed by atoms with van der Waals surface area (Å²) in [6, 6.07) is 5.61. The van der Waals surface area contributed by atoms with E-state index < -0.39 is 6.10 Å². The number of esters is 2. The first kappa shape index (κ1) is 46.7. The van der Waals surface area contributed by atoms with Crippen molar-refractivity contribution in [3.8, 4) is 11.5 Å². The maximum Gasteiger partial charge on any atom is 0.306 e. The first-order valence-electron chi connectivity index (χ1n) is 21.2. The maximum absolute atomic E-state index is 12.7. The first-order chi connectivity index (χ1) is 25.0. The number of hydrogen-bond donors (Lipinski definition) is 0. The van der Waals surface area contributed by atoms with Gasteiger partial charge in [-0.25, -0.2) is 0 Å². The minimum absolute atomic E-state index is 0.00750. The molecule has 0 saturated heterocycles. The second-order valence-electron chi connectivity index (χ2n) is 14.5. The molecule has 1 rings (SSSR count). The normalized spacial score (nSPS) is 11.8. The van der Waals surface area contributed by atoms with Gasteiger partial charge < -0.3 is 23.7 Å². The molecule has 1 atom stereocenters. The summed E-state index contributed by atoms with van der Waals surface area (Å²) in [7, 11) is 3.20. The highest BCUT2D eigenvalue weighted by Crippen LogP contribution is 2.28. The fourth-order valence-electron chi connectivity index (χ4n) is 6.47. The van der Waals surface area contributed by atoms with Crippen LogP contribution >= 0.6 is 0 Å². The Bertz CT molecular complexity index is 949. The van der Waals surface area contributed by atoms with Gasteiger partial charge in [0.05, 0.1) is 27.4 Å². The van der Waals surface area contributed by atoms with Crippen molar-refractivity contribution in [2.75, 3.05) is 27.4 Å². The molecule has 0 amide bonds. The minimum Gasteiger partial charge on any atom is -0.493 e. The molecule has 0 unspecified atom stereocenters. The van der Waals surface area contributed by atoms with E-state index in [1.54, 1.807) is 14.2 Å². The number of unbranched alkanes of at least 4 members (excludes halogenated alkanes) is 24. The number of ether oxygens (including phenoxy) is 5. The third-order valence-electron chi connectivity index (χ3n) is 9.72. The largest absolute Gasteiger partial charge is 0.493 e. The monoisotopic (exact) mass is 719 g/mol. The predicted molar refractivity (Wildman–Crippen MR) is 211 cm³/mol. The molecule has 0 bridgehead atoms. The van der Waals surface area contributed by atoms with E-state index >= 15 is 0 Å². The van der Waals surface area contributed by atoms with E-state index in [0.717, 1.165) is 44.1 Å². The molecule has 0 aliphatic heterocycles. The van der Waals surface area contributed by atoms with Gasteiger partial charge in [0.15, 0.2) is 17.6 Å². The highest BCUT2D eigenvalue weighted by Gasteiger charge is 2.18. The smallest absolute Gasteiger partial charge is 0.306 e. The Morgan fingerprint density at radius 2 is 0.922 bits per heavy atom. The lowest BCUT2D eigenvalue weighted by Crippen LogP contribution is -2.29. The first-order valence-corrected chi connectivity index (χ1v) is 21.2. The minimum atomic E-state index is -0.643. The zero-order valence-corrected chi connectivity index (χ0v) is 33.6. The lowest BCUT2D eigenvalue weighted by molar-refractivity contribution is -0.163. The quantitative estimate of drug-likeness (QED) is 0.0500. The molecule has 296 valence electrons. The van der Waals surface area contributed by atoms with Gasteiger partial charge in [0.1, 0.15) is 6.61 Å². The molecule has 0 aliphatic carbocycles. The van der Waals surface area contributed by atoms with E-state index in [9.17, 15) is 9.59 Å². The molecule has 51 heavy (non-hydrogen) atoms. The van der Waals surface area contributed by atoms with Gasteiger partial charge in [-0.3, -0.25) is 9.59 Å². The van der Waals surface area contributed by atoms with Crippen molar-refractivity contribution in [3.05, 3.63) is 23.8 Å². The van der Waals surface area contributed by atoms with Crippen LogP contribution in [-0.4, -0.2) is 45.5 Å². The lowest BCUT2D eigenvalue weighted by atomic mass is 10.0. The molecular weight excluding hydrogens is 640 g/mol. The zero-order chi connectivity index (χ0) is 37.0. The molecule has 0 spiro atoms. The summed E-state index contributed by atoms with van der Waals surface area (Å²) in [6.07, 6.45) is 32.9. The van der Waals surface area contributed by atoms with Gasteiger partial charge in [-0.05, 0) is 30.5 Å². The Balaban J connectivity index is 2.33. The van der Waals surface area contributed by atoms with Gasteiger partial charge in [0.25, 0.3) is 0 Å². The van der Waals surface area contributed by atoms with E-state index in [2.05, 4.69) is 13.8 Å². The average Bonchev–Trinajstić information content (AvgIpc) is 3.14. The van der Waals surface area contributed by atoms with Crippen molar-refractivity contribution in [3.63, 3.8) is 0 Å². The van der Waals surface area contributed by atoms with Gasteiger partial charge in [-0.15, -0.1) is 0 Å². The van der Waals surface area contributed by atoms with Crippen LogP contribution in [0.3, 0.4) is 0 Å². The number of methoxy groups -OCH3 is 2. The van der Waals surface area contributed by atoms with Gasteiger partial charge in [0.2, 0.25) is 0 Å². The standard InChI is InChI=1S/C44H78O7/c1-5-7-9-11-13-15-17-19-21-23-25-27-29-31-43(45)50-38-40(37-49-36-39-33-34-41(47-3)42(35-39)48-4)51-44(46)32-30-28-26-24-22-20-18-16-14-12-10-8-6-2/h33-35,40H,5-32,36-38H2,1-4H3/t40-/m0/s1. The lowest BCUT2D eigenvalue weighted by Gasteiger charge is -2.18. The van der Waals surface area contributed by atoms with Crippen molar-refractivity contribution >= 4 is 11.9 Å². The van der Waals surface area contributed by atoms with Gasteiger partial charge in [-0.2, -0.15) is 0 Å². The second-order valence-corrected chi connectivity index (χ2v) is 14.5. The predicted octanol–water partition coefficient (Wildman–Crippen LogP) is 12.6. The van der Waals surface area contributed by atoms with E-state index in [4.69, 9.17) is 23.7 Å². The summed E-state index contributed by atoms with van der Waals surface area (Å²) in [5, 5.41) is 0. The fourth-order valence-corrected chi connectivity index (χ4v) is 6.47. The summed E-state index contributed by atoms with van der Waals surface area (Å²) in [5.41, 5.74) is 0.907. The van der Waals surface area contributed by atoms with E-state index in [1.807, 2.05) is 18.2 Å². The maximum atomic E-state index is 12.7. The molecule has 0 aromatic heterocycles. The summed E-state index contributed by atoms with van der Waals surface area (Å²) < 4.78 is 28.0. The zero-order valence-electron chi connectivity index (χ0n) is 33.6. The number of benzene rings is 1. The Kier molecular flexibility index (Phi) is 31.9. The van der Waals surface area contributed by atoms with Crippen molar-refractivity contribution in [2.24, 2.45) is 0 Å². The van der Waals surface area contributed by atoms with Crippen molar-refractivity contribution in [1.82, 2.24) is 0 Å². The van der Waals surface area contributed by atoms with Crippen molar-refractivity contribution < 1.29 is 33.3 Å². The Morgan fingerprint density at radius 3 is 1.35 bits per heavy atom. The molecular formula is C44H78O7. The number of carbonyl (C=O) groups is 2. The second kappa shape index (κ2) is 34.8. The van der Waals surface area contributed by atoms with E-state index in [0.29, 0.717) is 30.9 Å². The third-order valence-corrected chi connectivity index (χ3v) is 9.72. The van der Waals surface area contributed by atoms with E-state index in [1.165, 1.54) is 128 Å². The summed E-state index contributed by atoms with van der Waals surface area (Å²) in [6.45, 7) is 4.99. The molecule has 7 heteroatoms. The van der Waals surface area contributed by atoms with E-state index in [-0.39, 0.29) is 25.2 Å². The van der Waals surface area contributed by atoms with Gasteiger partial charge in [-0.1, -0.05) is 174 Å². The van der Waals surface area contributed by atoms with Crippen LogP contribution in [0.4, 0.5) is 0 Å². The SMILES string of the molecule is CCCCCCCCCCCCCCCC(=O)OC[C@H](COCc1ccc(OC)c(OC)c1)OC(=O)CCCCCCCCCCCCCCC. The Hall–Kier alpha value is -2.28. The highest BCUT2D eigenvalue weighted by molar-refractivity contribution is 5.70. The van der Waals surface area contributed by atoms with Crippen LogP contribution in [0.1, 0.15) is 199 Å². The molecule has 0 radical (unpaired) electrons. The number of hydrogen-bond acceptors (Lipinski definition) is 7. The van der Waals surface area contributed by atoms with Crippen molar-refractivity contribution in [2.45, 2.75) is 206 Å². The van der Waals surface area contributed by atoms with Crippen LogP contribution in [0.25, 0.3) is 0 Å². The van der Waals surface area contributed by atoms with Crippen LogP contribution in [-0.2, 0) is 30.4 Å². The molecule has 7 nitrogen and oxygen atoms in total. The molecule has 1 aromatic rings. The van der Waals surface area contributed by atoms with Crippen LogP contribution in [0.5, 0.6) is 11.5 Å². The number of carbonyl (C=O) groups excluding carboxylic acids is 2. The molecule has 1 aromatic carbocycles. The average molecular weight is 719 g/mol. The van der Waals surface area contributed by atoms with Crippen molar-refractivity contribution in [1.29, 1.82) is 0 Å². The summed E-state index contributed by atoms with van der Waals surface area (Å²) in [5.74, 6) is 0.777. The van der Waals surface area contributed by atoms with Crippen LogP contribution in [0, 0.1) is 0 Å². The number of rotatable bonds is 37. The third kappa shape index (κ3) is 28.0. The van der Waals surface area contributed by atoms with Crippen LogP contribution < -0.4 is 9.47 Å². The molecule has 0 heterocycles. The summed E-state index contributed by atoms with van der Waals surface area (Å²) >= 11 is 0. The molecule has 0 N–H and O–H groups in total. The Morgan fingerprint density at radius 1 is 0.510 bits per heavy atom. The Labute approximate surface area is 313 Å². The van der Waals surface area contributed by atoms with Crippen LogP contribution in [0.2, 0.25) is 0 Å². The van der Waals surface area contributed by atoms with Gasteiger partial charge in [0, 0.05) is 12.8 Å². The highest BCUT2D eigenvalue weighted by atomic mass is 16.6. The molecule has 0 aliphatic rings. The van der Waals surface area contributed by atoms with Gasteiger partial charge >= 0.3 is 11.9 Å². The fraction of sp³-hybridized carbons (Fsp3) is 0.818. The molecule has 0 fully saturated rings. The summed E-state index contributed by atoms with van der Waals surface area (Å²) in [4.78, 5) is 25.3. The van der Waals surface area contributed by atoms with Crippen LogP contribution in [0.15, 0.2) is 18.2 Å². The molecule has 0 saturated carbocycles. The topological polar surface area (TPSA) is 80.3 Å².